The Morgan fingerprint density at radius 2 is 2.11 bits per heavy atom. The van der Waals surface area contributed by atoms with E-state index >= 15 is 0 Å². The van der Waals surface area contributed by atoms with E-state index in [9.17, 15) is 13.2 Å². The standard InChI is InChI=1S/C14H14F3NO/c15-14(16,17)10-4-2-5-11(7-10)19-13-12-6-1-3-9(12)8-18-13/h2,4-7,9,13,18H,1,3,8H2. The quantitative estimate of drug-likeness (QED) is 0.831. The van der Waals surface area contributed by atoms with Gasteiger partial charge in [0.25, 0.3) is 0 Å². The van der Waals surface area contributed by atoms with Crippen molar-refractivity contribution < 1.29 is 17.9 Å². The number of fused-ring (bicyclic) bond motifs is 1. The lowest BCUT2D eigenvalue weighted by molar-refractivity contribution is -0.137. The molecule has 1 saturated heterocycles. The lowest BCUT2D eigenvalue weighted by Gasteiger charge is -2.16. The van der Waals surface area contributed by atoms with Crippen LogP contribution < -0.4 is 10.1 Å². The normalized spacial score (nSPS) is 26.2. The van der Waals surface area contributed by atoms with Gasteiger partial charge in [-0.25, -0.2) is 0 Å². The van der Waals surface area contributed by atoms with Crippen molar-refractivity contribution >= 4 is 0 Å². The molecule has 0 aromatic heterocycles. The number of allylic oxidation sites excluding steroid dienone is 1. The number of ether oxygens (including phenoxy) is 1. The number of hydrogen-bond acceptors (Lipinski definition) is 2. The number of benzene rings is 1. The summed E-state index contributed by atoms with van der Waals surface area (Å²) in [6, 6.07) is 5.02. The van der Waals surface area contributed by atoms with Gasteiger partial charge in [-0.15, -0.1) is 0 Å². The molecule has 1 aliphatic carbocycles. The smallest absolute Gasteiger partial charge is 0.416 e. The van der Waals surface area contributed by atoms with E-state index in [1.807, 2.05) is 0 Å². The largest absolute Gasteiger partial charge is 0.471 e. The van der Waals surface area contributed by atoms with E-state index in [4.69, 9.17) is 4.74 Å². The van der Waals surface area contributed by atoms with Crippen molar-refractivity contribution in [2.75, 3.05) is 6.54 Å². The van der Waals surface area contributed by atoms with Crippen LogP contribution in [0.25, 0.3) is 0 Å². The fraction of sp³-hybridized carbons (Fsp3) is 0.429. The highest BCUT2D eigenvalue weighted by Gasteiger charge is 2.34. The van der Waals surface area contributed by atoms with Gasteiger partial charge in [-0.3, -0.25) is 5.32 Å². The molecular weight excluding hydrogens is 255 g/mol. The van der Waals surface area contributed by atoms with Crippen LogP contribution in [0.15, 0.2) is 35.9 Å². The maximum absolute atomic E-state index is 12.6. The van der Waals surface area contributed by atoms with Gasteiger partial charge in [0.1, 0.15) is 5.75 Å². The zero-order valence-corrected chi connectivity index (χ0v) is 10.2. The molecule has 1 heterocycles. The van der Waals surface area contributed by atoms with Crippen molar-refractivity contribution in [1.29, 1.82) is 0 Å². The SMILES string of the molecule is FC(F)(F)c1cccc(OC2NCC3CCC=C32)c1. The van der Waals surface area contributed by atoms with Crippen LogP contribution in [-0.2, 0) is 6.18 Å². The molecule has 0 amide bonds. The molecule has 3 rings (SSSR count). The Balaban J connectivity index is 1.77. The van der Waals surface area contributed by atoms with Crippen LogP contribution in [0, 0.1) is 5.92 Å². The van der Waals surface area contributed by atoms with Gasteiger partial charge in [-0.05, 0) is 42.5 Å². The van der Waals surface area contributed by atoms with Crippen molar-refractivity contribution in [2.24, 2.45) is 5.92 Å². The molecule has 2 unspecified atom stereocenters. The topological polar surface area (TPSA) is 21.3 Å². The van der Waals surface area contributed by atoms with Gasteiger partial charge in [0.2, 0.25) is 0 Å². The summed E-state index contributed by atoms with van der Waals surface area (Å²) in [5.74, 6) is 0.733. The van der Waals surface area contributed by atoms with E-state index in [0.717, 1.165) is 31.5 Å². The maximum atomic E-state index is 12.6. The van der Waals surface area contributed by atoms with Crippen LogP contribution in [0.5, 0.6) is 5.75 Å². The van der Waals surface area contributed by atoms with Crippen molar-refractivity contribution in [2.45, 2.75) is 25.2 Å². The Hall–Kier alpha value is -1.49. The number of alkyl halides is 3. The first-order chi connectivity index (χ1) is 9.04. The molecule has 2 atom stereocenters. The van der Waals surface area contributed by atoms with E-state index < -0.39 is 11.7 Å². The van der Waals surface area contributed by atoms with Crippen molar-refractivity contribution in [3.63, 3.8) is 0 Å². The third-order valence-electron chi connectivity index (χ3n) is 3.63. The average molecular weight is 269 g/mol. The number of hydrogen-bond donors (Lipinski definition) is 1. The molecule has 102 valence electrons. The second-order valence-corrected chi connectivity index (χ2v) is 4.91. The Morgan fingerprint density at radius 1 is 1.26 bits per heavy atom. The maximum Gasteiger partial charge on any atom is 0.416 e. The van der Waals surface area contributed by atoms with Gasteiger partial charge in [0, 0.05) is 6.54 Å². The molecule has 2 aliphatic rings. The molecule has 1 fully saturated rings. The van der Waals surface area contributed by atoms with E-state index in [1.54, 1.807) is 6.07 Å². The average Bonchev–Trinajstić information content (AvgIpc) is 2.93. The van der Waals surface area contributed by atoms with E-state index in [2.05, 4.69) is 11.4 Å². The molecular formula is C14H14F3NO. The van der Waals surface area contributed by atoms with Gasteiger partial charge in [-0.1, -0.05) is 12.1 Å². The van der Waals surface area contributed by atoms with Crippen LogP contribution in [0.2, 0.25) is 0 Å². The third kappa shape index (κ3) is 2.47. The summed E-state index contributed by atoms with van der Waals surface area (Å²) in [5.41, 5.74) is 0.498. The van der Waals surface area contributed by atoms with E-state index in [0.29, 0.717) is 5.92 Å². The summed E-state index contributed by atoms with van der Waals surface area (Å²) in [6.45, 7) is 0.843. The molecule has 2 nitrogen and oxygen atoms in total. The number of halogens is 3. The van der Waals surface area contributed by atoms with Gasteiger partial charge < -0.3 is 4.74 Å². The molecule has 1 aromatic rings. The first kappa shape index (κ1) is 12.5. The van der Waals surface area contributed by atoms with Crippen LogP contribution in [0.3, 0.4) is 0 Å². The Labute approximate surface area is 109 Å². The molecule has 5 heteroatoms. The van der Waals surface area contributed by atoms with Crippen LogP contribution in [-0.4, -0.2) is 12.8 Å². The fourth-order valence-corrected chi connectivity index (χ4v) is 2.68. The van der Waals surface area contributed by atoms with Crippen molar-refractivity contribution in [1.82, 2.24) is 5.32 Å². The Bertz CT molecular complexity index is 510. The van der Waals surface area contributed by atoms with Crippen molar-refractivity contribution in [3.05, 3.63) is 41.5 Å². The summed E-state index contributed by atoms with van der Waals surface area (Å²) in [6.07, 6.45) is -0.355. The third-order valence-corrected chi connectivity index (χ3v) is 3.63. The van der Waals surface area contributed by atoms with Crippen LogP contribution in [0.1, 0.15) is 18.4 Å². The van der Waals surface area contributed by atoms with Crippen LogP contribution in [0.4, 0.5) is 13.2 Å². The summed E-state index contributed by atoms with van der Waals surface area (Å²) >= 11 is 0. The van der Waals surface area contributed by atoms with Gasteiger partial charge >= 0.3 is 6.18 Å². The minimum absolute atomic E-state index is 0.251. The Kier molecular flexibility index (Phi) is 3.01. The van der Waals surface area contributed by atoms with Crippen molar-refractivity contribution in [3.8, 4) is 5.75 Å². The predicted molar refractivity (Wildman–Crippen MR) is 64.7 cm³/mol. The zero-order chi connectivity index (χ0) is 13.5. The summed E-state index contributed by atoms with van der Waals surface area (Å²) < 4.78 is 43.5. The minimum Gasteiger partial charge on any atom is -0.471 e. The molecule has 0 bridgehead atoms. The second-order valence-electron chi connectivity index (χ2n) is 4.91. The molecule has 0 radical (unpaired) electrons. The molecule has 0 saturated carbocycles. The van der Waals surface area contributed by atoms with E-state index in [-0.39, 0.29) is 12.0 Å². The number of nitrogens with one attached hydrogen (secondary N) is 1. The molecule has 1 N–H and O–H groups in total. The molecule has 0 spiro atoms. The predicted octanol–water partition coefficient (Wildman–Crippen LogP) is 3.35. The number of rotatable bonds is 2. The first-order valence-corrected chi connectivity index (χ1v) is 6.31. The lowest BCUT2D eigenvalue weighted by Crippen LogP contribution is -2.29. The van der Waals surface area contributed by atoms with Gasteiger partial charge in [0.05, 0.1) is 5.56 Å². The molecule has 1 aromatic carbocycles. The highest BCUT2D eigenvalue weighted by Crippen LogP contribution is 2.35. The minimum atomic E-state index is -4.34. The highest BCUT2D eigenvalue weighted by atomic mass is 19.4. The van der Waals surface area contributed by atoms with Gasteiger partial charge in [-0.2, -0.15) is 13.2 Å². The van der Waals surface area contributed by atoms with E-state index in [1.165, 1.54) is 11.6 Å². The van der Waals surface area contributed by atoms with Crippen LogP contribution >= 0.6 is 0 Å². The fourth-order valence-electron chi connectivity index (χ4n) is 2.68. The van der Waals surface area contributed by atoms with Gasteiger partial charge in [0.15, 0.2) is 6.23 Å². The highest BCUT2D eigenvalue weighted by molar-refractivity contribution is 5.32. The lowest BCUT2D eigenvalue weighted by atomic mass is 10.1. The molecule has 1 aliphatic heterocycles. The summed E-state index contributed by atoms with van der Waals surface area (Å²) in [7, 11) is 0. The first-order valence-electron chi connectivity index (χ1n) is 6.31. The summed E-state index contributed by atoms with van der Waals surface area (Å²) in [5, 5.41) is 3.19. The summed E-state index contributed by atoms with van der Waals surface area (Å²) in [4.78, 5) is 0. The monoisotopic (exact) mass is 269 g/mol. The zero-order valence-electron chi connectivity index (χ0n) is 10.2. The second kappa shape index (κ2) is 4.56. The Morgan fingerprint density at radius 3 is 2.89 bits per heavy atom. The molecule has 19 heavy (non-hydrogen) atoms.